The molecule has 0 saturated carbocycles. The summed E-state index contributed by atoms with van der Waals surface area (Å²) in [6, 6.07) is 22.6. The van der Waals surface area contributed by atoms with Crippen LogP contribution in [0.2, 0.25) is 0 Å². The van der Waals surface area contributed by atoms with Crippen molar-refractivity contribution in [1.82, 2.24) is 4.90 Å². The van der Waals surface area contributed by atoms with E-state index in [-0.39, 0.29) is 36.0 Å². The van der Waals surface area contributed by atoms with E-state index in [2.05, 4.69) is 29.6 Å². The molecule has 2 unspecified atom stereocenters. The molecule has 3 aromatic rings. The fourth-order valence-electron chi connectivity index (χ4n) is 6.03. The maximum absolute atomic E-state index is 13.6. The monoisotopic (exact) mass is 450 g/mol. The van der Waals surface area contributed by atoms with Crippen LogP contribution in [0.15, 0.2) is 72.8 Å². The second-order valence-electron chi connectivity index (χ2n) is 9.21. The molecule has 4 aliphatic rings. The summed E-state index contributed by atoms with van der Waals surface area (Å²) in [5.41, 5.74) is 5.46. The van der Waals surface area contributed by atoms with E-state index in [0.717, 1.165) is 27.2 Å². The Labute approximate surface area is 196 Å². The normalized spacial score (nSPS) is 23.9. The maximum atomic E-state index is 13.6. The summed E-state index contributed by atoms with van der Waals surface area (Å²) in [6.45, 7) is 1.15. The second kappa shape index (κ2) is 7.48. The van der Waals surface area contributed by atoms with Crippen molar-refractivity contribution >= 4 is 29.2 Å². The van der Waals surface area contributed by atoms with Crippen molar-refractivity contribution in [3.63, 3.8) is 0 Å². The first kappa shape index (κ1) is 20.5. The van der Waals surface area contributed by atoms with Crippen LogP contribution in [0.25, 0.3) is 0 Å². The van der Waals surface area contributed by atoms with Gasteiger partial charge in [-0.3, -0.25) is 24.1 Å². The molecule has 1 heterocycles. The minimum atomic E-state index is -0.495. The number of imide groups is 1. The van der Waals surface area contributed by atoms with Crippen molar-refractivity contribution < 1.29 is 19.2 Å². The number of nitrogens with zero attached hydrogens (tertiary/aromatic N) is 1. The molecular formula is C28H22N2O4. The van der Waals surface area contributed by atoms with Gasteiger partial charge in [-0.1, -0.05) is 48.5 Å². The van der Waals surface area contributed by atoms with Gasteiger partial charge in [-0.05, 0) is 53.4 Å². The number of benzene rings is 3. The van der Waals surface area contributed by atoms with Gasteiger partial charge in [0.05, 0.1) is 11.8 Å². The molecule has 1 saturated heterocycles. The Bertz CT molecular complexity index is 1260. The largest absolute Gasteiger partial charge is 0.325 e. The summed E-state index contributed by atoms with van der Waals surface area (Å²) >= 11 is 0. The van der Waals surface area contributed by atoms with Crippen LogP contribution in [0.5, 0.6) is 0 Å². The van der Waals surface area contributed by atoms with Gasteiger partial charge in [0.2, 0.25) is 17.7 Å². The molecule has 1 aliphatic heterocycles. The molecule has 1 fully saturated rings. The summed E-state index contributed by atoms with van der Waals surface area (Å²) in [6.07, 6.45) is 0. The fraction of sp³-hybridized carbons (Fsp3) is 0.214. The quantitative estimate of drug-likeness (QED) is 0.485. The zero-order chi connectivity index (χ0) is 23.6. The van der Waals surface area contributed by atoms with Crippen LogP contribution in [-0.2, 0) is 14.4 Å². The number of amides is 3. The predicted octanol–water partition coefficient (Wildman–Crippen LogP) is 3.72. The summed E-state index contributed by atoms with van der Waals surface area (Å²) in [5.74, 6) is -2.44. The van der Waals surface area contributed by atoms with Crippen LogP contribution in [0.4, 0.5) is 5.69 Å². The molecule has 34 heavy (non-hydrogen) atoms. The maximum Gasteiger partial charge on any atom is 0.244 e. The van der Waals surface area contributed by atoms with Crippen molar-refractivity contribution in [2.24, 2.45) is 11.8 Å². The zero-order valence-electron chi connectivity index (χ0n) is 18.5. The number of likely N-dealkylation sites (tertiary alicyclic amines) is 1. The Morgan fingerprint density at radius 1 is 0.735 bits per heavy atom. The van der Waals surface area contributed by atoms with Crippen molar-refractivity contribution in [2.75, 3.05) is 11.9 Å². The van der Waals surface area contributed by atoms with E-state index in [1.54, 1.807) is 24.3 Å². The van der Waals surface area contributed by atoms with Gasteiger partial charge in [-0.15, -0.1) is 0 Å². The molecule has 0 aromatic heterocycles. The Morgan fingerprint density at radius 3 is 1.59 bits per heavy atom. The van der Waals surface area contributed by atoms with E-state index < -0.39 is 17.7 Å². The number of carbonyl (C=O) groups is 4. The van der Waals surface area contributed by atoms with Crippen molar-refractivity contribution in [3.8, 4) is 0 Å². The SMILES string of the molecule is CC(=O)c1ccc(NC(=O)CN2C(=O)C3C4c5ccccc5C(c5ccccc54)C3C2=O)cc1. The standard InChI is InChI=1S/C28H22N2O4/c1-15(31)16-10-12-17(13-11-16)29-22(32)14-30-27(33)25-23-18-6-2-3-7-19(18)24(26(25)28(30)34)21-9-5-4-8-20(21)23/h2-13,23-26H,14H2,1H3,(H,29,32). The number of hydrogen-bond acceptors (Lipinski definition) is 4. The molecule has 7 rings (SSSR count). The third kappa shape index (κ3) is 2.88. The highest BCUT2D eigenvalue weighted by atomic mass is 16.2. The molecule has 2 bridgehead atoms. The Hall–Kier alpha value is -4.06. The molecule has 3 aromatic carbocycles. The van der Waals surface area contributed by atoms with E-state index in [9.17, 15) is 19.2 Å². The average Bonchev–Trinajstić information content (AvgIpc) is 3.09. The first-order chi connectivity index (χ1) is 16.5. The molecule has 1 N–H and O–H groups in total. The number of rotatable bonds is 4. The zero-order valence-corrected chi connectivity index (χ0v) is 18.5. The third-order valence-electron chi connectivity index (χ3n) is 7.42. The van der Waals surface area contributed by atoms with Crippen LogP contribution in [-0.4, -0.2) is 34.9 Å². The van der Waals surface area contributed by atoms with E-state index in [1.165, 1.54) is 6.92 Å². The molecule has 6 heteroatoms. The van der Waals surface area contributed by atoms with Gasteiger partial charge < -0.3 is 5.32 Å². The summed E-state index contributed by atoms with van der Waals surface area (Å²) < 4.78 is 0. The van der Waals surface area contributed by atoms with Crippen LogP contribution in [0.1, 0.15) is 51.4 Å². The van der Waals surface area contributed by atoms with Gasteiger partial charge in [0.15, 0.2) is 5.78 Å². The van der Waals surface area contributed by atoms with E-state index >= 15 is 0 Å². The van der Waals surface area contributed by atoms with Gasteiger partial charge in [0.1, 0.15) is 6.54 Å². The molecule has 3 amide bonds. The lowest BCUT2D eigenvalue weighted by Gasteiger charge is -2.45. The highest BCUT2D eigenvalue weighted by Gasteiger charge is 2.61. The molecule has 3 aliphatic carbocycles. The van der Waals surface area contributed by atoms with Crippen LogP contribution in [0, 0.1) is 11.8 Å². The van der Waals surface area contributed by atoms with E-state index in [1.807, 2.05) is 24.3 Å². The van der Waals surface area contributed by atoms with Crippen molar-refractivity contribution in [2.45, 2.75) is 18.8 Å². The number of ketones is 1. The fourth-order valence-corrected chi connectivity index (χ4v) is 6.03. The van der Waals surface area contributed by atoms with E-state index in [0.29, 0.717) is 11.3 Å². The first-order valence-corrected chi connectivity index (χ1v) is 11.4. The Kier molecular flexibility index (Phi) is 4.52. The molecule has 0 radical (unpaired) electrons. The van der Waals surface area contributed by atoms with Crippen LogP contribution in [0.3, 0.4) is 0 Å². The lowest BCUT2D eigenvalue weighted by molar-refractivity contribution is -0.142. The Morgan fingerprint density at radius 2 is 1.18 bits per heavy atom. The number of carbonyl (C=O) groups excluding carboxylic acids is 4. The molecular weight excluding hydrogens is 428 g/mol. The summed E-state index contributed by atoms with van der Waals surface area (Å²) in [7, 11) is 0. The summed E-state index contributed by atoms with van der Waals surface area (Å²) in [4.78, 5) is 52.5. The van der Waals surface area contributed by atoms with Gasteiger partial charge in [0.25, 0.3) is 0 Å². The van der Waals surface area contributed by atoms with Gasteiger partial charge in [-0.25, -0.2) is 0 Å². The number of nitrogens with one attached hydrogen (secondary N) is 1. The van der Waals surface area contributed by atoms with Gasteiger partial charge in [-0.2, -0.15) is 0 Å². The highest BCUT2D eigenvalue weighted by Crippen LogP contribution is 2.60. The molecule has 168 valence electrons. The molecule has 0 spiro atoms. The Balaban J connectivity index is 1.29. The summed E-state index contributed by atoms with van der Waals surface area (Å²) in [5, 5.41) is 2.73. The van der Waals surface area contributed by atoms with Crippen molar-refractivity contribution in [1.29, 1.82) is 0 Å². The first-order valence-electron chi connectivity index (χ1n) is 11.4. The minimum absolute atomic E-state index is 0.0645. The topological polar surface area (TPSA) is 83.6 Å². The third-order valence-corrected chi connectivity index (χ3v) is 7.42. The molecule has 6 nitrogen and oxygen atoms in total. The second-order valence-corrected chi connectivity index (χ2v) is 9.21. The van der Waals surface area contributed by atoms with Crippen LogP contribution < -0.4 is 5.32 Å². The number of anilines is 1. The number of hydrogen-bond donors (Lipinski definition) is 1. The minimum Gasteiger partial charge on any atom is -0.325 e. The van der Waals surface area contributed by atoms with E-state index in [4.69, 9.17) is 0 Å². The molecule has 2 atom stereocenters. The smallest absolute Gasteiger partial charge is 0.244 e. The number of Topliss-reactive ketones (excluding diaryl/α,β-unsaturated/α-hetero) is 1. The lowest BCUT2D eigenvalue weighted by atomic mass is 9.55. The van der Waals surface area contributed by atoms with Gasteiger partial charge >= 0.3 is 0 Å². The van der Waals surface area contributed by atoms with Crippen molar-refractivity contribution in [3.05, 3.63) is 101 Å². The average molecular weight is 450 g/mol. The highest BCUT2D eigenvalue weighted by molar-refractivity contribution is 6.10. The predicted molar refractivity (Wildman–Crippen MR) is 125 cm³/mol. The lowest BCUT2D eigenvalue weighted by Crippen LogP contribution is -2.41. The van der Waals surface area contributed by atoms with Crippen LogP contribution >= 0.6 is 0 Å². The van der Waals surface area contributed by atoms with Gasteiger partial charge in [0, 0.05) is 23.1 Å².